The Balaban J connectivity index is 1.39. The first kappa shape index (κ1) is 28.4. The molecule has 1 aliphatic carbocycles. The maximum atomic E-state index is 13.9. The largest absolute Gasteiger partial charge is 0.468 e. The molecule has 3 amide bonds. The van der Waals surface area contributed by atoms with Crippen LogP contribution in [0.1, 0.15) is 53.5 Å². The third-order valence-corrected chi connectivity index (χ3v) is 6.83. The number of fused-ring (bicyclic) bond motifs is 1. The van der Waals surface area contributed by atoms with Gasteiger partial charge in [-0.3, -0.25) is 4.79 Å². The van der Waals surface area contributed by atoms with Crippen molar-refractivity contribution in [2.45, 2.75) is 56.5 Å². The fraction of sp³-hybridized carbons (Fsp3) is 0.565. The normalized spacial score (nSPS) is 19.8. The standard InChI is InChI=1S/C23H24F6N8O4/c24-15(25)9-40-20-18(34-41-35-20)19(38)33-17(13-1-3-22(26,27)4-2-13)14-8-37-16(32-14)5-12(6-31-37)7-36-11-23(28,29)10-30-21(36)39/h5-6,8,13,15,17H,1-4,7,9-11H2,(H,30,39)(H,33,38)/t17-/m0/s1. The minimum absolute atomic E-state index is 0.0363. The number of halogens is 6. The SMILES string of the molecule is O=C(N[C@H](c1cn2ncc(CN3CC(F)(F)CNC3=O)cc2n1)C1CCC(F)(F)CC1)c1nonc1OCC(F)F. The first-order valence-corrected chi connectivity index (χ1v) is 12.6. The lowest BCUT2D eigenvalue weighted by Crippen LogP contribution is -2.56. The molecule has 2 fully saturated rings. The van der Waals surface area contributed by atoms with E-state index >= 15 is 0 Å². The smallest absolute Gasteiger partial charge is 0.318 e. The van der Waals surface area contributed by atoms with Crippen molar-refractivity contribution in [2.24, 2.45) is 5.92 Å². The number of nitrogens with zero attached hydrogens (tertiary/aromatic N) is 6. The molecule has 1 atom stereocenters. The number of carbonyl (C=O) groups excluding carboxylic acids is 2. The zero-order valence-electron chi connectivity index (χ0n) is 21.2. The maximum absolute atomic E-state index is 13.9. The van der Waals surface area contributed by atoms with E-state index in [-0.39, 0.29) is 30.7 Å². The molecule has 12 nitrogen and oxygen atoms in total. The Bertz CT molecular complexity index is 1410. The van der Waals surface area contributed by atoms with Crippen LogP contribution in [0, 0.1) is 5.92 Å². The molecule has 3 aromatic heterocycles. The molecule has 1 saturated heterocycles. The van der Waals surface area contributed by atoms with E-state index in [9.17, 15) is 35.9 Å². The Morgan fingerprint density at radius 3 is 2.68 bits per heavy atom. The minimum Gasteiger partial charge on any atom is -0.468 e. The first-order valence-electron chi connectivity index (χ1n) is 12.6. The third kappa shape index (κ3) is 6.62. The molecule has 0 radical (unpaired) electrons. The number of rotatable bonds is 9. The van der Waals surface area contributed by atoms with E-state index in [1.54, 1.807) is 0 Å². The summed E-state index contributed by atoms with van der Waals surface area (Å²) in [5.41, 5.74) is 0.366. The lowest BCUT2D eigenvalue weighted by Gasteiger charge is -2.33. The van der Waals surface area contributed by atoms with E-state index in [0.29, 0.717) is 5.56 Å². The Hall–Kier alpha value is -4.12. The van der Waals surface area contributed by atoms with Crippen molar-refractivity contribution in [2.75, 3.05) is 19.7 Å². The summed E-state index contributed by atoms with van der Waals surface area (Å²) in [5.74, 6) is -7.93. The zero-order valence-corrected chi connectivity index (χ0v) is 21.2. The molecular weight excluding hydrogens is 566 g/mol. The summed E-state index contributed by atoms with van der Waals surface area (Å²) in [5, 5.41) is 15.7. The number of aromatic nitrogens is 5. The van der Waals surface area contributed by atoms with Gasteiger partial charge in [0, 0.05) is 19.4 Å². The molecule has 0 aromatic carbocycles. The van der Waals surface area contributed by atoms with Gasteiger partial charge in [-0.05, 0) is 40.7 Å². The highest BCUT2D eigenvalue weighted by Gasteiger charge is 2.41. The van der Waals surface area contributed by atoms with E-state index in [2.05, 4.69) is 35.7 Å². The van der Waals surface area contributed by atoms with Gasteiger partial charge in [-0.15, -0.1) is 0 Å². The van der Waals surface area contributed by atoms with Crippen LogP contribution in [0.2, 0.25) is 0 Å². The molecular formula is C23H24F6N8O4. The predicted octanol–water partition coefficient (Wildman–Crippen LogP) is 3.21. The molecule has 2 aliphatic rings. The van der Waals surface area contributed by atoms with Gasteiger partial charge in [0.2, 0.25) is 11.6 Å². The minimum atomic E-state index is -3.10. The monoisotopic (exact) mass is 590 g/mol. The number of hydrogen-bond donors (Lipinski definition) is 2. The fourth-order valence-electron chi connectivity index (χ4n) is 4.84. The number of urea groups is 1. The summed E-state index contributed by atoms with van der Waals surface area (Å²) in [6.07, 6.45) is -0.791. The highest BCUT2D eigenvalue weighted by Crippen LogP contribution is 2.41. The average molecular weight is 590 g/mol. The summed E-state index contributed by atoms with van der Waals surface area (Å²) in [7, 11) is 0. The number of amides is 3. The van der Waals surface area contributed by atoms with Crippen molar-refractivity contribution < 1.29 is 45.3 Å². The Labute approximate surface area is 227 Å². The van der Waals surface area contributed by atoms with Crippen molar-refractivity contribution >= 4 is 17.6 Å². The highest BCUT2D eigenvalue weighted by molar-refractivity contribution is 5.94. The van der Waals surface area contributed by atoms with Gasteiger partial charge in [0.1, 0.15) is 0 Å². The van der Waals surface area contributed by atoms with Crippen molar-refractivity contribution in [3.63, 3.8) is 0 Å². The Kier molecular flexibility index (Phi) is 7.65. The lowest BCUT2D eigenvalue weighted by atomic mass is 9.81. The van der Waals surface area contributed by atoms with Gasteiger partial charge in [-0.2, -0.15) is 5.10 Å². The Morgan fingerprint density at radius 2 is 1.95 bits per heavy atom. The molecule has 41 heavy (non-hydrogen) atoms. The molecule has 5 rings (SSSR count). The van der Waals surface area contributed by atoms with Crippen LogP contribution in [0.5, 0.6) is 5.88 Å². The van der Waals surface area contributed by atoms with E-state index in [4.69, 9.17) is 4.74 Å². The van der Waals surface area contributed by atoms with Gasteiger partial charge >= 0.3 is 6.03 Å². The molecule has 222 valence electrons. The van der Waals surface area contributed by atoms with Crippen LogP contribution in [-0.2, 0) is 6.54 Å². The fourth-order valence-corrected chi connectivity index (χ4v) is 4.84. The van der Waals surface area contributed by atoms with Gasteiger partial charge in [-0.25, -0.2) is 45.3 Å². The maximum Gasteiger partial charge on any atom is 0.318 e. The second-order valence-corrected chi connectivity index (χ2v) is 9.97. The van der Waals surface area contributed by atoms with Crippen molar-refractivity contribution in [3.8, 4) is 5.88 Å². The van der Waals surface area contributed by atoms with E-state index < -0.39 is 86.3 Å². The van der Waals surface area contributed by atoms with E-state index in [1.807, 2.05) is 0 Å². The predicted molar refractivity (Wildman–Crippen MR) is 125 cm³/mol. The van der Waals surface area contributed by atoms with Crippen molar-refractivity contribution in [1.82, 2.24) is 40.4 Å². The van der Waals surface area contributed by atoms with Gasteiger partial charge in [0.25, 0.3) is 24.1 Å². The van der Waals surface area contributed by atoms with Gasteiger partial charge in [0.15, 0.2) is 12.3 Å². The van der Waals surface area contributed by atoms with Crippen molar-refractivity contribution in [1.29, 1.82) is 0 Å². The van der Waals surface area contributed by atoms with E-state index in [0.717, 1.165) is 4.90 Å². The number of nitrogens with one attached hydrogen (secondary N) is 2. The van der Waals surface area contributed by atoms with Crippen molar-refractivity contribution in [3.05, 3.63) is 35.4 Å². The zero-order chi connectivity index (χ0) is 29.4. The second-order valence-electron chi connectivity index (χ2n) is 9.97. The van der Waals surface area contributed by atoms with Crippen LogP contribution in [0.3, 0.4) is 0 Å². The van der Waals surface area contributed by atoms with E-state index in [1.165, 1.54) is 23.0 Å². The lowest BCUT2D eigenvalue weighted by molar-refractivity contribution is -0.0495. The van der Waals surface area contributed by atoms with Crippen LogP contribution in [0.4, 0.5) is 31.1 Å². The van der Waals surface area contributed by atoms with Crippen LogP contribution >= 0.6 is 0 Å². The molecule has 3 aromatic rings. The summed E-state index contributed by atoms with van der Waals surface area (Å²) >= 11 is 0. The second kappa shape index (κ2) is 11.0. The number of imidazole rings is 1. The van der Waals surface area contributed by atoms with Gasteiger partial charge in [0.05, 0.1) is 37.2 Å². The average Bonchev–Trinajstić information content (AvgIpc) is 3.55. The Morgan fingerprint density at radius 1 is 1.20 bits per heavy atom. The highest BCUT2D eigenvalue weighted by atomic mass is 19.3. The molecule has 0 spiro atoms. The number of hydrogen-bond acceptors (Lipinski definition) is 8. The summed E-state index contributed by atoms with van der Waals surface area (Å²) in [4.78, 5) is 30.5. The molecule has 0 unspecified atom stereocenters. The molecule has 2 N–H and O–H groups in total. The number of carbonyl (C=O) groups is 2. The molecule has 0 bridgehead atoms. The molecule has 1 saturated carbocycles. The summed E-state index contributed by atoms with van der Waals surface area (Å²) in [6, 6.07) is -0.0756. The van der Waals surface area contributed by atoms with Crippen LogP contribution in [0.15, 0.2) is 23.1 Å². The van der Waals surface area contributed by atoms with Crippen LogP contribution < -0.4 is 15.4 Å². The topological polar surface area (TPSA) is 140 Å². The molecule has 18 heteroatoms. The van der Waals surface area contributed by atoms with Crippen LogP contribution in [-0.4, -0.2) is 79.7 Å². The molecule has 4 heterocycles. The summed E-state index contributed by atoms with van der Waals surface area (Å²) < 4.78 is 91.1. The first-order chi connectivity index (χ1) is 19.4. The third-order valence-electron chi connectivity index (χ3n) is 6.83. The molecule has 1 aliphatic heterocycles. The number of ether oxygens (including phenoxy) is 1. The van der Waals surface area contributed by atoms with Gasteiger partial charge < -0.3 is 20.3 Å². The van der Waals surface area contributed by atoms with Gasteiger partial charge in [-0.1, -0.05) is 0 Å². The van der Waals surface area contributed by atoms with Crippen LogP contribution in [0.25, 0.3) is 5.65 Å². The summed E-state index contributed by atoms with van der Waals surface area (Å²) in [6.45, 7) is -2.77. The quantitative estimate of drug-likeness (QED) is 0.362. The number of alkyl halides is 6.